The minimum absolute atomic E-state index is 0.102. The summed E-state index contributed by atoms with van der Waals surface area (Å²) in [5, 5.41) is 0. The molecule has 1 rings (SSSR count). The van der Waals surface area contributed by atoms with E-state index in [1.165, 1.54) is 0 Å². The van der Waals surface area contributed by atoms with Gasteiger partial charge in [-0.2, -0.15) is 0 Å². The summed E-state index contributed by atoms with van der Waals surface area (Å²) in [5.41, 5.74) is 5.23. The van der Waals surface area contributed by atoms with Gasteiger partial charge in [0, 0.05) is 12.5 Å². The van der Waals surface area contributed by atoms with E-state index in [1.54, 1.807) is 0 Å². The van der Waals surface area contributed by atoms with Gasteiger partial charge >= 0.3 is 0 Å². The molecular weight excluding hydrogens is 204 g/mol. The molecule has 0 spiro atoms. The molecule has 1 amide bonds. The van der Waals surface area contributed by atoms with Gasteiger partial charge in [-0.1, -0.05) is 12.8 Å². The predicted molar refractivity (Wildman–Crippen MR) is 62.9 cm³/mol. The summed E-state index contributed by atoms with van der Waals surface area (Å²) >= 11 is 0. The van der Waals surface area contributed by atoms with Gasteiger partial charge in [-0.05, 0) is 26.7 Å². The number of nitrogens with zero attached hydrogens (tertiary/aromatic N) is 1. The summed E-state index contributed by atoms with van der Waals surface area (Å²) < 4.78 is 0. The van der Waals surface area contributed by atoms with E-state index in [1.807, 2.05) is 18.7 Å². The van der Waals surface area contributed by atoms with Gasteiger partial charge in [0.1, 0.15) is 5.78 Å². The van der Waals surface area contributed by atoms with Crippen LogP contribution in [0.15, 0.2) is 0 Å². The molecule has 0 bridgehead atoms. The van der Waals surface area contributed by atoms with Gasteiger partial charge < -0.3 is 5.73 Å². The lowest BCUT2D eigenvalue weighted by molar-refractivity contribution is -0.127. The van der Waals surface area contributed by atoms with Crippen LogP contribution in [-0.2, 0) is 9.59 Å². The van der Waals surface area contributed by atoms with Crippen LogP contribution in [0.2, 0.25) is 0 Å². The molecule has 2 N–H and O–H groups in total. The Balaban J connectivity index is 2.74. The molecule has 1 aliphatic rings. The minimum atomic E-state index is -0.356. The maximum atomic E-state index is 11.9. The summed E-state index contributed by atoms with van der Waals surface area (Å²) in [4.78, 5) is 24.9. The first-order valence-electron chi connectivity index (χ1n) is 6.09. The maximum Gasteiger partial charge on any atom is 0.231 e. The molecule has 16 heavy (non-hydrogen) atoms. The molecule has 1 fully saturated rings. The van der Waals surface area contributed by atoms with Crippen molar-refractivity contribution in [2.45, 2.75) is 58.0 Å². The summed E-state index contributed by atoms with van der Waals surface area (Å²) in [7, 11) is 0. The highest BCUT2D eigenvalue weighted by Gasteiger charge is 2.29. The van der Waals surface area contributed by atoms with E-state index in [0.717, 1.165) is 25.7 Å². The van der Waals surface area contributed by atoms with E-state index in [-0.39, 0.29) is 30.3 Å². The van der Waals surface area contributed by atoms with Crippen LogP contribution in [0.3, 0.4) is 0 Å². The van der Waals surface area contributed by atoms with Gasteiger partial charge in [0.05, 0.1) is 12.6 Å². The average molecular weight is 226 g/mol. The van der Waals surface area contributed by atoms with E-state index in [2.05, 4.69) is 0 Å². The highest BCUT2D eigenvalue weighted by molar-refractivity contribution is 5.85. The summed E-state index contributed by atoms with van der Waals surface area (Å²) in [5.74, 6) is -0.0850. The third kappa shape index (κ3) is 3.59. The normalized spacial score (nSPS) is 22.5. The van der Waals surface area contributed by atoms with Crippen molar-refractivity contribution >= 4 is 11.7 Å². The Morgan fingerprint density at radius 2 is 2.12 bits per heavy atom. The topological polar surface area (TPSA) is 63.4 Å². The molecule has 0 aromatic carbocycles. The first-order chi connectivity index (χ1) is 7.52. The quantitative estimate of drug-likeness (QED) is 0.730. The SMILES string of the molecule is CC(C)N(CC(N)=O)C1CCCCCC1=O. The van der Waals surface area contributed by atoms with Gasteiger partial charge in [0.15, 0.2) is 0 Å². The lowest BCUT2D eigenvalue weighted by atomic mass is 10.0. The standard InChI is InChI=1S/C12H22N2O2/c1-9(2)14(8-12(13)16)10-6-4-3-5-7-11(10)15/h9-10H,3-8H2,1-2H3,(H2,13,16). The third-order valence-electron chi connectivity index (χ3n) is 3.17. The number of carbonyl (C=O) groups excluding carboxylic acids is 2. The minimum Gasteiger partial charge on any atom is -0.369 e. The Labute approximate surface area is 97.2 Å². The number of hydrogen-bond acceptors (Lipinski definition) is 3. The lowest BCUT2D eigenvalue weighted by Crippen LogP contribution is -2.48. The molecule has 1 aliphatic carbocycles. The second kappa shape index (κ2) is 5.99. The van der Waals surface area contributed by atoms with Crippen LogP contribution in [0.4, 0.5) is 0 Å². The molecule has 0 heterocycles. The Hall–Kier alpha value is -0.900. The number of rotatable bonds is 4. The van der Waals surface area contributed by atoms with Crippen molar-refractivity contribution in [3.05, 3.63) is 0 Å². The van der Waals surface area contributed by atoms with Crippen LogP contribution in [0.5, 0.6) is 0 Å². The Bertz CT molecular complexity index is 264. The summed E-state index contributed by atoms with van der Waals surface area (Å²) in [6, 6.07) is 0.0783. The maximum absolute atomic E-state index is 11.9. The summed E-state index contributed by atoms with van der Waals surface area (Å²) in [6.07, 6.45) is 4.68. The number of primary amides is 1. The van der Waals surface area contributed by atoms with Crippen molar-refractivity contribution in [2.75, 3.05) is 6.54 Å². The van der Waals surface area contributed by atoms with E-state index < -0.39 is 0 Å². The predicted octanol–water partition coefficient (Wildman–Crippen LogP) is 1.08. The molecule has 1 unspecified atom stereocenters. The molecule has 0 aromatic heterocycles. The first kappa shape index (κ1) is 13.2. The molecule has 0 aliphatic heterocycles. The monoisotopic (exact) mass is 226 g/mol. The fraction of sp³-hybridized carbons (Fsp3) is 0.833. The van der Waals surface area contributed by atoms with Crippen molar-refractivity contribution in [2.24, 2.45) is 5.73 Å². The molecule has 92 valence electrons. The molecule has 4 heteroatoms. The zero-order valence-corrected chi connectivity index (χ0v) is 10.2. The van der Waals surface area contributed by atoms with Crippen molar-refractivity contribution in [3.63, 3.8) is 0 Å². The Morgan fingerprint density at radius 3 is 2.69 bits per heavy atom. The second-order valence-corrected chi connectivity index (χ2v) is 4.81. The third-order valence-corrected chi connectivity index (χ3v) is 3.17. The van der Waals surface area contributed by atoms with Crippen molar-refractivity contribution < 1.29 is 9.59 Å². The van der Waals surface area contributed by atoms with E-state index >= 15 is 0 Å². The Morgan fingerprint density at radius 1 is 1.44 bits per heavy atom. The van der Waals surface area contributed by atoms with Crippen molar-refractivity contribution in [1.29, 1.82) is 0 Å². The molecule has 1 saturated carbocycles. The highest BCUT2D eigenvalue weighted by Crippen LogP contribution is 2.20. The number of amides is 1. The van der Waals surface area contributed by atoms with Crippen molar-refractivity contribution in [1.82, 2.24) is 4.90 Å². The zero-order chi connectivity index (χ0) is 12.1. The smallest absolute Gasteiger partial charge is 0.231 e. The van der Waals surface area contributed by atoms with E-state index in [9.17, 15) is 9.59 Å². The number of ketones is 1. The largest absolute Gasteiger partial charge is 0.369 e. The van der Waals surface area contributed by atoms with Gasteiger partial charge in [-0.3, -0.25) is 14.5 Å². The van der Waals surface area contributed by atoms with Crippen LogP contribution in [0.1, 0.15) is 46.0 Å². The number of Topliss-reactive ketones (excluding diaryl/α,β-unsaturated/α-hetero) is 1. The highest BCUT2D eigenvalue weighted by atomic mass is 16.1. The fourth-order valence-corrected chi connectivity index (χ4v) is 2.32. The van der Waals surface area contributed by atoms with Gasteiger partial charge in [0.2, 0.25) is 5.91 Å². The molecule has 0 radical (unpaired) electrons. The average Bonchev–Trinajstić information content (AvgIpc) is 2.39. The van der Waals surface area contributed by atoms with Gasteiger partial charge in [0.25, 0.3) is 0 Å². The zero-order valence-electron chi connectivity index (χ0n) is 10.2. The fourth-order valence-electron chi connectivity index (χ4n) is 2.32. The van der Waals surface area contributed by atoms with Crippen molar-refractivity contribution in [3.8, 4) is 0 Å². The molecule has 1 atom stereocenters. The van der Waals surface area contributed by atoms with Crippen LogP contribution in [-0.4, -0.2) is 35.2 Å². The number of hydrogen-bond donors (Lipinski definition) is 1. The molecule has 0 saturated heterocycles. The van der Waals surface area contributed by atoms with Gasteiger partial charge in [-0.15, -0.1) is 0 Å². The van der Waals surface area contributed by atoms with Crippen LogP contribution in [0, 0.1) is 0 Å². The van der Waals surface area contributed by atoms with E-state index in [4.69, 9.17) is 5.73 Å². The number of carbonyl (C=O) groups is 2. The van der Waals surface area contributed by atoms with E-state index in [0.29, 0.717) is 6.42 Å². The Kier molecular flexibility index (Phi) is 4.93. The first-order valence-corrected chi connectivity index (χ1v) is 6.09. The molecule has 4 nitrogen and oxygen atoms in total. The molecular formula is C12H22N2O2. The molecule has 0 aromatic rings. The van der Waals surface area contributed by atoms with Crippen LogP contribution in [0.25, 0.3) is 0 Å². The number of nitrogens with two attached hydrogens (primary N) is 1. The summed E-state index contributed by atoms with van der Waals surface area (Å²) in [6.45, 7) is 4.19. The van der Waals surface area contributed by atoms with Crippen LogP contribution < -0.4 is 5.73 Å². The lowest BCUT2D eigenvalue weighted by Gasteiger charge is -2.32. The second-order valence-electron chi connectivity index (χ2n) is 4.81. The van der Waals surface area contributed by atoms with Crippen LogP contribution >= 0.6 is 0 Å². The van der Waals surface area contributed by atoms with Gasteiger partial charge in [-0.25, -0.2) is 0 Å².